The smallest absolute Gasteiger partial charge is 0.134 e. The zero-order chi connectivity index (χ0) is 19.5. The van der Waals surface area contributed by atoms with Gasteiger partial charge in [0.2, 0.25) is 0 Å². The molecule has 0 aliphatic carbocycles. The van der Waals surface area contributed by atoms with Crippen molar-refractivity contribution in [3.63, 3.8) is 0 Å². The number of hydrogen-bond acceptors (Lipinski definition) is 6. The van der Waals surface area contributed by atoms with Crippen molar-refractivity contribution in [1.29, 1.82) is 0 Å². The summed E-state index contributed by atoms with van der Waals surface area (Å²) >= 11 is 0. The average Bonchev–Trinajstić information content (AvgIpc) is 2.72. The molecule has 6 nitrogen and oxygen atoms in total. The number of aromatic nitrogens is 2. The molecule has 1 aliphatic heterocycles. The highest BCUT2D eigenvalue weighted by atomic mass is 15.2. The molecule has 0 unspecified atom stereocenters. The van der Waals surface area contributed by atoms with Gasteiger partial charge in [0.25, 0.3) is 0 Å². The summed E-state index contributed by atoms with van der Waals surface area (Å²) in [4.78, 5) is 11.3. The van der Waals surface area contributed by atoms with Crippen LogP contribution in [0.15, 0.2) is 48.8 Å². The molecule has 6 heteroatoms. The van der Waals surface area contributed by atoms with Gasteiger partial charge >= 0.3 is 0 Å². The minimum absolute atomic E-state index is 0.668. The maximum Gasteiger partial charge on any atom is 0.134 e. The van der Waals surface area contributed by atoms with Crippen LogP contribution in [0.25, 0.3) is 0 Å². The normalized spacial score (nSPS) is 13.2. The molecule has 5 N–H and O–H groups in total. The standard InChI is InChI=1S/C22H26N6/c1-2-15-6-7-21(19(24)11-15)28-9-8-20-18(13-28)22(27-14-26-20)25-12-16-4-3-5-17(23)10-16/h3-7,10-11,14H,2,8-9,12-13,23-24H2,1H3,(H,25,26,27). The Labute approximate surface area is 165 Å². The number of anilines is 4. The minimum Gasteiger partial charge on any atom is -0.399 e. The summed E-state index contributed by atoms with van der Waals surface area (Å²) in [7, 11) is 0. The summed E-state index contributed by atoms with van der Waals surface area (Å²) in [5, 5.41) is 3.46. The van der Waals surface area contributed by atoms with Crippen LogP contribution < -0.4 is 21.7 Å². The third-order valence-corrected chi connectivity index (χ3v) is 5.25. The highest BCUT2D eigenvalue weighted by Gasteiger charge is 2.22. The van der Waals surface area contributed by atoms with Gasteiger partial charge in [-0.05, 0) is 41.8 Å². The summed E-state index contributed by atoms with van der Waals surface area (Å²) in [5.74, 6) is 0.876. The van der Waals surface area contributed by atoms with Gasteiger partial charge in [0.15, 0.2) is 0 Å². The minimum atomic E-state index is 0.668. The van der Waals surface area contributed by atoms with E-state index in [0.29, 0.717) is 6.54 Å². The van der Waals surface area contributed by atoms with Gasteiger partial charge < -0.3 is 21.7 Å². The number of nitrogens with zero attached hydrogens (tertiary/aromatic N) is 3. The number of nitrogen functional groups attached to an aromatic ring is 2. The van der Waals surface area contributed by atoms with Crippen molar-refractivity contribution in [3.8, 4) is 0 Å². The first-order chi connectivity index (χ1) is 13.6. The zero-order valence-corrected chi connectivity index (χ0v) is 16.2. The summed E-state index contributed by atoms with van der Waals surface area (Å²) in [6.07, 6.45) is 3.50. The predicted octanol–water partition coefficient (Wildman–Crippen LogP) is 3.38. The van der Waals surface area contributed by atoms with Crippen molar-refractivity contribution in [2.45, 2.75) is 32.9 Å². The monoisotopic (exact) mass is 374 g/mol. The van der Waals surface area contributed by atoms with E-state index < -0.39 is 0 Å². The molecular weight excluding hydrogens is 348 g/mol. The zero-order valence-electron chi connectivity index (χ0n) is 16.2. The van der Waals surface area contributed by atoms with Gasteiger partial charge in [-0.3, -0.25) is 0 Å². The van der Waals surface area contributed by atoms with Crippen molar-refractivity contribution in [3.05, 3.63) is 71.2 Å². The molecule has 0 saturated carbocycles. The lowest BCUT2D eigenvalue weighted by molar-refractivity contribution is 0.706. The second-order valence-electron chi connectivity index (χ2n) is 7.16. The van der Waals surface area contributed by atoms with E-state index in [2.05, 4.69) is 51.4 Å². The predicted molar refractivity (Wildman–Crippen MR) is 115 cm³/mol. The van der Waals surface area contributed by atoms with Gasteiger partial charge in [-0.1, -0.05) is 25.1 Å². The van der Waals surface area contributed by atoms with E-state index in [9.17, 15) is 0 Å². The molecule has 1 aromatic heterocycles. The van der Waals surface area contributed by atoms with Crippen LogP contribution in [0.4, 0.5) is 22.9 Å². The Kier molecular flexibility index (Phi) is 5.02. The highest BCUT2D eigenvalue weighted by Crippen LogP contribution is 2.31. The van der Waals surface area contributed by atoms with Crippen LogP contribution in [-0.2, 0) is 25.9 Å². The van der Waals surface area contributed by atoms with Crippen LogP contribution in [0.3, 0.4) is 0 Å². The highest BCUT2D eigenvalue weighted by molar-refractivity contribution is 5.69. The van der Waals surface area contributed by atoms with E-state index in [4.69, 9.17) is 11.5 Å². The maximum atomic E-state index is 6.33. The Morgan fingerprint density at radius 2 is 1.96 bits per heavy atom. The van der Waals surface area contributed by atoms with E-state index in [-0.39, 0.29) is 0 Å². The first-order valence-corrected chi connectivity index (χ1v) is 9.68. The van der Waals surface area contributed by atoms with Crippen molar-refractivity contribution >= 4 is 22.9 Å². The third-order valence-electron chi connectivity index (χ3n) is 5.25. The Morgan fingerprint density at radius 3 is 2.75 bits per heavy atom. The molecule has 0 amide bonds. The van der Waals surface area contributed by atoms with Crippen LogP contribution in [0.5, 0.6) is 0 Å². The summed E-state index contributed by atoms with van der Waals surface area (Å²) < 4.78 is 0. The molecule has 0 bridgehead atoms. The molecule has 1 aliphatic rings. The van der Waals surface area contributed by atoms with Gasteiger partial charge in [0, 0.05) is 37.3 Å². The molecule has 0 atom stereocenters. The van der Waals surface area contributed by atoms with Gasteiger partial charge in [-0.25, -0.2) is 9.97 Å². The summed E-state index contributed by atoms with van der Waals surface area (Å²) in [6.45, 7) is 4.45. The van der Waals surface area contributed by atoms with Gasteiger partial charge in [-0.15, -0.1) is 0 Å². The fourth-order valence-corrected chi connectivity index (χ4v) is 3.70. The lowest BCUT2D eigenvalue weighted by Gasteiger charge is -2.32. The van der Waals surface area contributed by atoms with Crippen LogP contribution in [0.1, 0.15) is 29.3 Å². The molecule has 0 radical (unpaired) electrons. The molecule has 144 valence electrons. The van der Waals surface area contributed by atoms with Crippen LogP contribution in [0.2, 0.25) is 0 Å². The lowest BCUT2D eigenvalue weighted by atomic mass is 10.0. The molecule has 0 saturated heterocycles. The van der Waals surface area contributed by atoms with E-state index >= 15 is 0 Å². The number of hydrogen-bond donors (Lipinski definition) is 3. The molecular formula is C22H26N6. The number of aryl methyl sites for hydroxylation is 1. The van der Waals surface area contributed by atoms with Crippen molar-refractivity contribution in [1.82, 2.24) is 9.97 Å². The molecule has 2 heterocycles. The van der Waals surface area contributed by atoms with Crippen molar-refractivity contribution in [2.75, 3.05) is 28.2 Å². The molecule has 28 heavy (non-hydrogen) atoms. The Hall–Kier alpha value is -3.28. The summed E-state index contributed by atoms with van der Waals surface area (Å²) in [5.41, 5.74) is 19.5. The fraction of sp³-hybridized carbons (Fsp3) is 0.273. The Morgan fingerprint density at radius 1 is 1.07 bits per heavy atom. The van der Waals surface area contributed by atoms with Gasteiger partial charge in [-0.2, -0.15) is 0 Å². The van der Waals surface area contributed by atoms with Crippen LogP contribution in [-0.4, -0.2) is 16.5 Å². The van der Waals surface area contributed by atoms with Crippen molar-refractivity contribution in [2.24, 2.45) is 0 Å². The number of rotatable bonds is 5. The van der Waals surface area contributed by atoms with Crippen LogP contribution in [0, 0.1) is 0 Å². The largest absolute Gasteiger partial charge is 0.399 e. The topological polar surface area (TPSA) is 93.1 Å². The van der Waals surface area contributed by atoms with E-state index in [1.807, 2.05) is 18.2 Å². The van der Waals surface area contributed by atoms with E-state index in [1.54, 1.807) is 6.33 Å². The first-order valence-electron chi connectivity index (χ1n) is 9.68. The number of nitrogens with one attached hydrogen (secondary N) is 1. The van der Waals surface area contributed by atoms with Gasteiger partial charge in [0.1, 0.15) is 12.1 Å². The first kappa shape index (κ1) is 18.1. The van der Waals surface area contributed by atoms with Crippen LogP contribution >= 0.6 is 0 Å². The molecule has 3 aromatic rings. The number of fused-ring (bicyclic) bond motifs is 1. The van der Waals surface area contributed by atoms with Gasteiger partial charge in [0.05, 0.1) is 17.1 Å². The summed E-state index contributed by atoms with van der Waals surface area (Å²) in [6, 6.07) is 14.2. The SMILES string of the molecule is CCc1ccc(N2CCc3ncnc(NCc4cccc(N)c4)c3C2)c(N)c1. The fourth-order valence-electron chi connectivity index (χ4n) is 3.70. The quantitative estimate of drug-likeness (QED) is 0.593. The molecule has 0 spiro atoms. The second kappa shape index (κ2) is 7.76. The lowest BCUT2D eigenvalue weighted by Crippen LogP contribution is -2.32. The molecule has 2 aromatic carbocycles. The van der Waals surface area contributed by atoms with E-state index in [1.165, 1.54) is 5.56 Å². The van der Waals surface area contributed by atoms with E-state index in [0.717, 1.165) is 65.6 Å². The maximum absolute atomic E-state index is 6.33. The number of benzene rings is 2. The molecule has 0 fully saturated rings. The second-order valence-corrected chi connectivity index (χ2v) is 7.16. The van der Waals surface area contributed by atoms with Crippen molar-refractivity contribution < 1.29 is 0 Å². The number of nitrogens with two attached hydrogens (primary N) is 2. The average molecular weight is 374 g/mol. The molecule has 4 rings (SSSR count). The Balaban J connectivity index is 1.56. The Bertz CT molecular complexity index is 985. The third kappa shape index (κ3) is 3.71.